The van der Waals surface area contributed by atoms with Crippen LogP contribution in [0.5, 0.6) is 11.5 Å². The molecule has 0 heterocycles. The molecule has 31 heavy (non-hydrogen) atoms. The molecule has 4 heteroatoms. The molecule has 0 bridgehead atoms. The number of rotatable bonds is 6. The van der Waals surface area contributed by atoms with E-state index in [1.54, 1.807) is 0 Å². The Morgan fingerprint density at radius 2 is 1.00 bits per heavy atom. The van der Waals surface area contributed by atoms with Gasteiger partial charge in [-0.15, -0.1) is 0 Å². The molecule has 0 aromatic heterocycles. The molecule has 0 fully saturated rings. The lowest BCUT2D eigenvalue weighted by Crippen LogP contribution is -2.22. The lowest BCUT2D eigenvalue weighted by molar-refractivity contribution is 0.475. The minimum absolute atomic E-state index is 0.285. The molecule has 4 aromatic rings. The second-order valence-corrected chi connectivity index (χ2v) is 13.9. The molecule has 0 saturated heterocycles. The van der Waals surface area contributed by atoms with Gasteiger partial charge < -0.3 is 10.2 Å². The number of hydrogen-bond donors (Lipinski definition) is 2. The zero-order chi connectivity index (χ0) is 21.8. The minimum Gasteiger partial charge on any atom is -0.507 e. The van der Waals surface area contributed by atoms with E-state index in [0.29, 0.717) is 11.5 Å². The molecule has 0 atom stereocenters. The van der Waals surface area contributed by atoms with Gasteiger partial charge >= 0.3 is 0 Å². The fourth-order valence-electron chi connectivity index (χ4n) is 4.01. The van der Waals surface area contributed by atoms with Gasteiger partial charge in [-0.05, 0) is 36.1 Å². The van der Waals surface area contributed by atoms with Crippen molar-refractivity contribution in [1.82, 2.24) is 0 Å². The molecule has 156 valence electrons. The van der Waals surface area contributed by atoms with Crippen LogP contribution in [0.1, 0.15) is 27.8 Å². The summed E-state index contributed by atoms with van der Waals surface area (Å²) in [4.78, 5) is 0. The number of benzene rings is 4. The third kappa shape index (κ3) is 4.58. The molecule has 0 amide bonds. The van der Waals surface area contributed by atoms with Crippen LogP contribution in [0.25, 0.3) is 0 Å². The van der Waals surface area contributed by atoms with E-state index in [2.05, 4.69) is 60.7 Å². The second kappa shape index (κ2) is 9.51. The summed E-state index contributed by atoms with van der Waals surface area (Å²) in [5, 5.41) is 23.9. The van der Waals surface area contributed by atoms with Crippen molar-refractivity contribution in [3.8, 4) is 11.5 Å². The first kappa shape index (κ1) is 21.4. The number of hydrogen-bond acceptors (Lipinski definition) is 2. The predicted octanol–water partition coefficient (Wildman–Crippen LogP) is 5.02. The maximum atomic E-state index is 11.0. The zero-order valence-corrected chi connectivity index (χ0v) is 20.2. The third-order valence-electron chi connectivity index (χ3n) is 5.78. The molecule has 4 rings (SSSR count). The monoisotopic (exact) mass is 442 g/mol. The summed E-state index contributed by atoms with van der Waals surface area (Å²) in [5.74, 6) is 0.726. The largest absolute Gasteiger partial charge is 0.507 e. The number of aromatic hydroxyl groups is 2. The highest BCUT2D eigenvalue weighted by Gasteiger charge is 2.27. The van der Waals surface area contributed by atoms with Gasteiger partial charge in [0.2, 0.25) is 0 Å². The van der Waals surface area contributed by atoms with Gasteiger partial charge in [0.15, 0.2) is 0 Å². The lowest BCUT2D eigenvalue weighted by atomic mass is 10.0. The van der Waals surface area contributed by atoms with Crippen molar-refractivity contribution < 1.29 is 10.2 Å². The summed E-state index contributed by atoms with van der Waals surface area (Å²) in [7, 11) is -1.76. The Kier molecular flexibility index (Phi) is 6.55. The fraction of sp³-hybridized carbons (Fsp3) is 0.111. The van der Waals surface area contributed by atoms with E-state index in [9.17, 15) is 10.2 Å². The third-order valence-corrected chi connectivity index (χ3v) is 13.6. The van der Waals surface area contributed by atoms with Gasteiger partial charge in [0.05, 0.1) is 9.19 Å². The lowest BCUT2D eigenvalue weighted by Gasteiger charge is -2.27. The summed E-state index contributed by atoms with van der Waals surface area (Å²) in [6.07, 6.45) is 0. The molecular formula is C27H27O2PSi. The van der Waals surface area contributed by atoms with E-state index >= 15 is 0 Å². The molecule has 0 aliphatic rings. The van der Waals surface area contributed by atoms with E-state index in [4.69, 9.17) is 0 Å². The van der Waals surface area contributed by atoms with Crippen LogP contribution in [-0.2, 0) is 0 Å². The number of phenolic OH excluding ortho intramolecular Hbond substituents is 2. The maximum absolute atomic E-state index is 11.0. The molecular weight excluding hydrogens is 415 g/mol. The van der Waals surface area contributed by atoms with Crippen LogP contribution < -0.4 is 10.6 Å². The zero-order valence-electron chi connectivity index (χ0n) is 17.9. The summed E-state index contributed by atoms with van der Waals surface area (Å²) in [5.41, 5.74) is 4.64. The van der Waals surface area contributed by atoms with E-state index < -0.39 is 16.7 Å². The van der Waals surface area contributed by atoms with E-state index in [-0.39, 0.29) is 5.54 Å². The molecule has 0 saturated carbocycles. The average molecular weight is 443 g/mol. The summed E-state index contributed by atoms with van der Waals surface area (Å²) >= 11 is 0. The number of phenols is 2. The Morgan fingerprint density at radius 3 is 1.42 bits per heavy atom. The van der Waals surface area contributed by atoms with Crippen LogP contribution in [-0.4, -0.2) is 19.4 Å². The van der Waals surface area contributed by atoms with Gasteiger partial charge in [0.1, 0.15) is 11.5 Å². The van der Waals surface area contributed by atoms with Crippen molar-refractivity contribution in [2.24, 2.45) is 0 Å². The Hall–Kier alpha value is -2.87. The van der Waals surface area contributed by atoms with Crippen molar-refractivity contribution in [3.63, 3.8) is 0 Å². The van der Waals surface area contributed by atoms with Gasteiger partial charge in [0.25, 0.3) is 0 Å². The Balaban J connectivity index is 1.88. The van der Waals surface area contributed by atoms with Crippen molar-refractivity contribution >= 4 is 27.3 Å². The van der Waals surface area contributed by atoms with Gasteiger partial charge in [-0.2, -0.15) is 0 Å². The highest BCUT2D eigenvalue weighted by atomic mass is 31.4. The SMILES string of the molecule is Cc1cccc(P([SiH2]C(c2ccccc2)c2ccccc2)c2cccc(C)c2O)c1O. The highest BCUT2D eigenvalue weighted by Crippen LogP contribution is 2.44. The first-order chi connectivity index (χ1) is 15.1. The Bertz CT molecular complexity index is 1070. The van der Waals surface area contributed by atoms with Gasteiger partial charge in [0, 0.05) is 16.2 Å². The number of para-hydroxylation sites is 2. The van der Waals surface area contributed by atoms with E-state index in [1.807, 2.05) is 50.2 Å². The molecule has 2 N–H and O–H groups in total. The average Bonchev–Trinajstić information content (AvgIpc) is 2.80. The van der Waals surface area contributed by atoms with Gasteiger partial charge in [-0.1, -0.05) is 105 Å². The van der Waals surface area contributed by atoms with E-state index in [0.717, 1.165) is 21.7 Å². The second-order valence-electron chi connectivity index (χ2n) is 7.87. The summed E-state index contributed by atoms with van der Waals surface area (Å²) in [6.45, 7) is 3.88. The van der Waals surface area contributed by atoms with Crippen LogP contribution in [0.3, 0.4) is 0 Å². The topological polar surface area (TPSA) is 40.5 Å². The summed E-state index contributed by atoms with van der Waals surface area (Å²) in [6, 6.07) is 33.3. The molecule has 0 spiro atoms. The van der Waals surface area contributed by atoms with Crippen molar-refractivity contribution in [2.45, 2.75) is 19.4 Å². The van der Waals surface area contributed by atoms with Gasteiger partial charge in [-0.3, -0.25) is 0 Å². The van der Waals surface area contributed by atoms with Crippen LogP contribution in [0, 0.1) is 13.8 Å². The van der Waals surface area contributed by atoms with Crippen LogP contribution >= 0.6 is 7.47 Å². The molecule has 0 aliphatic carbocycles. The van der Waals surface area contributed by atoms with Crippen molar-refractivity contribution in [2.75, 3.05) is 0 Å². The normalized spacial score (nSPS) is 11.6. The minimum atomic E-state index is -0.884. The molecule has 4 aromatic carbocycles. The van der Waals surface area contributed by atoms with Gasteiger partial charge in [-0.25, -0.2) is 0 Å². The maximum Gasteiger partial charge on any atom is 0.126 e. The van der Waals surface area contributed by atoms with Crippen LogP contribution in [0.2, 0.25) is 0 Å². The molecule has 0 aliphatic heterocycles. The first-order valence-corrected chi connectivity index (χ1v) is 14.7. The standard InChI is InChI=1S/C27H27O2PSi/c1-19-11-9-17-23(25(19)28)30(24-18-10-12-20(2)26(24)29)31-27(21-13-5-3-6-14-21)22-15-7-4-8-16-22/h3-18,27-29H,31H2,1-2H3. The first-order valence-electron chi connectivity index (χ1n) is 10.5. The Morgan fingerprint density at radius 1 is 0.581 bits per heavy atom. The molecule has 0 unspecified atom stereocenters. The smallest absolute Gasteiger partial charge is 0.126 e. The number of aryl methyl sites for hydroxylation is 2. The van der Waals surface area contributed by atoms with Crippen molar-refractivity contribution in [3.05, 3.63) is 119 Å². The summed E-state index contributed by atoms with van der Waals surface area (Å²) < 4.78 is 0. The molecule has 0 radical (unpaired) electrons. The highest BCUT2D eigenvalue weighted by molar-refractivity contribution is 7.97. The molecule has 2 nitrogen and oxygen atoms in total. The van der Waals surface area contributed by atoms with Crippen LogP contribution in [0.4, 0.5) is 0 Å². The van der Waals surface area contributed by atoms with E-state index in [1.165, 1.54) is 11.1 Å². The Labute approximate surface area is 187 Å². The fourth-order valence-corrected chi connectivity index (χ4v) is 12.5. The van der Waals surface area contributed by atoms with Crippen molar-refractivity contribution in [1.29, 1.82) is 0 Å². The quantitative estimate of drug-likeness (QED) is 0.325. The predicted molar refractivity (Wildman–Crippen MR) is 135 cm³/mol. The van der Waals surface area contributed by atoms with Crippen LogP contribution in [0.15, 0.2) is 97.1 Å².